The largest absolute Gasteiger partial charge is 0.480 e. The number of carbonyl (C=O) groups excluding carboxylic acids is 1. The van der Waals surface area contributed by atoms with Crippen molar-refractivity contribution in [3.63, 3.8) is 0 Å². The van der Waals surface area contributed by atoms with Crippen molar-refractivity contribution in [3.05, 3.63) is 18.3 Å². The molecule has 0 radical (unpaired) electrons. The highest BCUT2D eigenvalue weighted by atomic mass is 16.5. The number of amides is 1. The number of anilines is 1. The number of aromatic nitrogens is 1. The molecule has 86 valence electrons. The third-order valence-corrected chi connectivity index (χ3v) is 2.29. The molecular formula is C12H16N2O2. The monoisotopic (exact) mass is 220 g/mol. The molecule has 0 spiro atoms. The van der Waals surface area contributed by atoms with Gasteiger partial charge in [0.25, 0.3) is 5.91 Å². The van der Waals surface area contributed by atoms with Crippen LogP contribution in [-0.4, -0.2) is 24.0 Å². The first-order valence-corrected chi connectivity index (χ1v) is 5.35. The third kappa shape index (κ3) is 2.15. The second-order valence-electron chi connectivity index (χ2n) is 5.15. The van der Waals surface area contributed by atoms with E-state index < -0.39 is 0 Å². The van der Waals surface area contributed by atoms with Gasteiger partial charge >= 0.3 is 0 Å². The van der Waals surface area contributed by atoms with Crippen molar-refractivity contribution in [2.24, 2.45) is 5.41 Å². The first kappa shape index (κ1) is 10.9. The molecule has 16 heavy (non-hydrogen) atoms. The number of fused-ring (bicyclic) bond motifs is 1. The van der Waals surface area contributed by atoms with E-state index in [2.05, 4.69) is 25.8 Å². The quantitative estimate of drug-likeness (QED) is 0.725. The standard InChI is InChI=1S/C12H16N2O2/c1-12(2,3)8-14-10(15)7-16-9-5-4-6-13-11(9)14/h4-6H,7-8H2,1-3H3. The first-order valence-electron chi connectivity index (χ1n) is 5.35. The van der Waals surface area contributed by atoms with E-state index in [4.69, 9.17) is 4.74 Å². The SMILES string of the molecule is CC(C)(C)CN1C(=O)COc2cccnc21. The number of rotatable bonds is 1. The molecule has 0 aromatic carbocycles. The Morgan fingerprint density at radius 2 is 2.25 bits per heavy atom. The fourth-order valence-corrected chi connectivity index (χ4v) is 1.67. The van der Waals surface area contributed by atoms with Gasteiger partial charge in [0.2, 0.25) is 0 Å². The van der Waals surface area contributed by atoms with Crippen molar-refractivity contribution >= 4 is 11.7 Å². The molecule has 0 fully saturated rings. The number of hydrogen-bond acceptors (Lipinski definition) is 3. The summed E-state index contributed by atoms with van der Waals surface area (Å²) < 4.78 is 5.33. The highest BCUT2D eigenvalue weighted by molar-refractivity contribution is 5.96. The van der Waals surface area contributed by atoms with Crippen LogP contribution < -0.4 is 9.64 Å². The van der Waals surface area contributed by atoms with Crippen molar-refractivity contribution in [2.45, 2.75) is 20.8 Å². The zero-order valence-electron chi connectivity index (χ0n) is 9.86. The Balaban J connectivity index is 2.33. The predicted octanol–water partition coefficient (Wildman–Crippen LogP) is 1.85. The Bertz CT molecular complexity index is 410. The van der Waals surface area contributed by atoms with E-state index in [0.29, 0.717) is 18.1 Å². The lowest BCUT2D eigenvalue weighted by Gasteiger charge is -2.32. The van der Waals surface area contributed by atoms with Gasteiger partial charge in [-0.2, -0.15) is 0 Å². The van der Waals surface area contributed by atoms with E-state index in [-0.39, 0.29) is 17.9 Å². The summed E-state index contributed by atoms with van der Waals surface area (Å²) in [4.78, 5) is 17.7. The van der Waals surface area contributed by atoms with Crippen molar-refractivity contribution < 1.29 is 9.53 Å². The lowest BCUT2D eigenvalue weighted by Crippen LogP contribution is -2.43. The number of pyridine rings is 1. The molecule has 2 rings (SSSR count). The van der Waals surface area contributed by atoms with Crippen LogP contribution in [0.25, 0.3) is 0 Å². The maximum absolute atomic E-state index is 11.8. The van der Waals surface area contributed by atoms with Crippen LogP contribution >= 0.6 is 0 Å². The van der Waals surface area contributed by atoms with Gasteiger partial charge in [0.05, 0.1) is 0 Å². The van der Waals surface area contributed by atoms with Crippen LogP contribution in [0.1, 0.15) is 20.8 Å². The topological polar surface area (TPSA) is 42.4 Å². The van der Waals surface area contributed by atoms with Crippen molar-refractivity contribution in [1.82, 2.24) is 4.98 Å². The molecule has 0 unspecified atom stereocenters. The van der Waals surface area contributed by atoms with E-state index >= 15 is 0 Å². The van der Waals surface area contributed by atoms with Gasteiger partial charge in [-0.25, -0.2) is 4.98 Å². The lowest BCUT2D eigenvalue weighted by molar-refractivity contribution is -0.121. The molecule has 4 nitrogen and oxygen atoms in total. The summed E-state index contributed by atoms with van der Waals surface area (Å²) >= 11 is 0. The van der Waals surface area contributed by atoms with Gasteiger partial charge in [0.1, 0.15) is 0 Å². The van der Waals surface area contributed by atoms with Gasteiger partial charge in [0, 0.05) is 12.7 Å². The van der Waals surface area contributed by atoms with E-state index in [9.17, 15) is 4.79 Å². The molecular weight excluding hydrogens is 204 g/mol. The molecule has 0 saturated carbocycles. The van der Waals surface area contributed by atoms with Crippen LogP contribution in [0.3, 0.4) is 0 Å². The Morgan fingerprint density at radius 3 is 2.94 bits per heavy atom. The van der Waals surface area contributed by atoms with Crippen molar-refractivity contribution in [2.75, 3.05) is 18.1 Å². The zero-order valence-corrected chi connectivity index (χ0v) is 9.86. The Hall–Kier alpha value is -1.58. The molecule has 0 aliphatic carbocycles. The molecule has 1 amide bonds. The predicted molar refractivity (Wildman–Crippen MR) is 61.5 cm³/mol. The van der Waals surface area contributed by atoms with Crippen LogP contribution in [-0.2, 0) is 4.79 Å². The minimum Gasteiger partial charge on any atom is -0.480 e. The molecule has 0 atom stereocenters. The van der Waals surface area contributed by atoms with Gasteiger partial charge in [0.15, 0.2) is 18.2 Å². The summed E-state index contributed by atoms with van der Waals surface area (Å²) in [6.45, 7) is 7.04. The van der Waals surface area contributed by atoms with Crippen molar-refractivity contribution in [1.29, 1.82) is 0 Å². The Morgan fingerprint density at radius 1 is 1.50 bits per heavy atom. The van der Waals surface area contributed by atoms with Gasteiger partial charge in [-0.3, -0.25) is 9.69 Å². The highest BCUT2D eigenvalue weighted by Gasteiger charge is 2.29. The first-order chi connectivity index (χ1) is 7.47. The molecule has 1 aromatic heterocycles. The number of carbonyl (C=O) groups is 1. The molecule has 0 bridgehead atoms. The van der Waals surface area contributed by atoms with E-state index in [1.165, 1.54) is 0 Å². The minimum atomic E-state index is -0.0267. The zero-order chi connectivity index (χ0) is 11.8. The maximum atomic E-state index is 11.8. The van der Waals surface area contributed by atoms with Crippen molar-refractivity contribution in [3.8, 4) is 5.75 Å². The normalized spacial score (nSPS) is 15.7. The fourth-order valence-electron chi connectivity index (χ4n) is 1.67. The van der Waals surface area contributed by atoms with E-state index in [0.717, 1.165) is 0 Å². The number of nitrogens with zero attached hydrogens (tertiary/aromatic N) is 2. The summed E-state index contributed by atoms with van der Waals surface area (Å²) in [6.07, 6.45) is 1.68. The molecule has 4 heteroatoms. The molecule has 2 heterocycles. The molecule has 1 aliphatic rings. The minimum absolute atomic E-state index is 0.0267. The molecule has 0 saturated heterocycles. The molecule has 1 aromatic rings. The van der Waals surface area contributed by atoms with Crippen LogP contribution in [0.2, 0.25) is 0 Å². The van der Waals surface area contributed by atoms with Crippen LogP contribution in [0.5, 0.6) is 5.75 Å². The maximum Gasteiger partial charge on any atom is 0.266 e. The van der Waals surface area contributed by atoms with Crippen LogP contribution in [0.4, 0.5) is 5.82 Å². The Labute approximate surface area is 95.2 Å². The summed E-state index contributed by atoms with van der Waals surface area (Å²) in [6, 6.07) is 3.65. The molecule has 0 N–H and O–H groups in total. The lowest BCUT2D eigenvalue weighted by atomic mass is 9.96. The average Bonchev–Trinajstić information content (AvgIpc) is 2.21. The smallest absolute Gasteiger partial charge is 0.266 e. The second-order valence-corrected chi connectivity index (χ2v) is 5.15. The van der Waals surface area contributed by atoms with Crippen LogP contribution in [0.15, 0.2) is 18.3 Å². The summed E-state index contributed by atoms with van der Waals surface area (Å²) in [7, 11) is 0. The van der Waals surface area contributed by atoms with Gasteiger partial charge in [-0.15, -0.1) is 0 Å². The third-order valence-electron chi connectivity index (χ3n) is 2.29. The second kappa shape index (κ2) is 3.77. The van der Waals surface area contributed by atoms with Gasteiger partial charge < -0.3 is 4.74 Å². The summed E-state index contributed by atoms with van der Waals surface area (Å²) in [5.74, 6) is 1.29. The van der Waals surface area contributed by atoms with Gasteiger partial charge in [-0.05, 0) is 17.5 Å². The average molecular weight is 220 g/mol. The molecule has 1 aliphatic heterocycles. The number of ether oxygens (including phenoxy) is 1. The number of hydrogen-bond donors (Lipinski definition) is 0. The van der Waals surface area contributed by atoms with E-state index in [1.54, 1.807) is 11.1 Å². The van der Waals surface area contributed by atoms with Gasteiger partial charge in [-0.1, -0.05) is 20.8 Å². The fraction of sp³-hybridized carbons (Fsp3) is 0.500. The Kier molecular flexibility index (Phi) is 2.58. The summed E-state index contributed by atoms with van der Waals surface area (Å²) in [5.41, 5.74) is 0.0434. The van der Waals surface area contributed by atoms with E-state index in [1.807, 2.05) is 12.1 Å². The highest BCUT2D eigenvalue weighted by Crippen LogP contribution is 2.31. The summed E-state index contributed by atoms with van der Waals surface area (Å²) in [5, 5.41) is 0. The van der Waals surface area contributed by atoms with Crippen LogP contribution in [0, 0.1) is 5.41 Å².